The Labute approximate surface area is 156 Å². The highest BCUT2D eigenvalue weighted by molar-refractivity contribution is 5.79. The third-order valence-electron chi connectivity index (χ3n) is 5.08. The fourth-order valence-electron chi connectivity index (χ4n) is 3.49. The van der Waals surface area contributed by atoms with Gasteiger partial charge in [0.15, 0.2) is 11.8 Å². The summed E-state index contributed by atoms with van der Waals surface area (Å²) >= 11 is 0. The highest BCUT2D eigenvalue weighted by Gasteiger charge is 2.18. The SMILES string of the molecule is CN=C(NCc1ccc(-n2nc(C)cc2C)nc1)NC1CCC(C)CC1. The number of rotatable bonds is 4. The quantitative estimate of drug-likeness (QED) is 0.654. The first-order chi connectivity index (χ1) is 12.5. The fourth-order valence-corrected chi connectivity index (χ4v) is 3.49. The van der Waals surface area contributed by atoms with Crippen LogP contribution in [0.3, 0.4) is 0 Å². The van der Waals surface area contributed by atoms with Crippen LogP contribution in [0.5, 0.6) is 0 Å². The maximum Gasteiger partial charge on any atom is 0.191 e. The molecule has 0 amide bonds. The standard InChI is InChI=1S/C20H30N6/c1-14-5-8-18(9-6-14)24-20(21-4)23-13-17-7-10-19(22-12-17)26-16(3)11-15(2)25-26/h7,10-12,14,18H,5-6,8-9,13H2,1-4H3,(H2,21,23,24). The number of nitrogens with one attached hydrogen (secondary N) is 2. The van der Waals surface area contributed by atoms with E-state index in [1.807, 2.05) is 37.8 Å². The molecule has 6 heteroatoms. The van der Waals surface area contributed by atoms with Crippen LogP contribution in [0.2, 0.25) is 0 Å². The Morgan fingerprint density at radius 3 is 2.58 bits per heavy atom. The number of pyridine rings is 1. The van der Waals surface area contributed by atoms with Crippen molar-refractivity contribution in [3.05, 3.63) is 41.3 Å². The van der Waals surface area contributed by atoms with E-state index in [0.29, 0.717) is 12.6 Å². The molecular formula is C20H30N6. The molecule has 1 saturated carbocycles. The van der Waals surface area contributed by atoms with Crippen LogP contribution < -0.4 is 10.6 Å². The molecule has 0 aliphatic heterocycles. The Bertz CT molecular complexity index is 738. The highest BCUT2D eigenvalue weighted by Crippen LogP contribution is 2.23. The van der Waals surface area contributed by atoms with Crippen molar-refractivity contribution in [2.45, 2.75) is 59.0 Å². The summed E-state index contributed by atoms with van der Waals surface area (Å²) in [5, 5.41) is 11.4. The fraction of sp³-hybridized carbons (Fsp3) is 0.550. The van der Waals surface area contributed by atoms with Gasteiger partial charge in [-0.05, 0) is 63.1 Å². The van der Waals surface area contributed by atoms with E-state index < -0.39 is 0 Å². The first kappa shape index (κ1) is 18.4. The van der Waals surface area contributed by atoms with Crippen LogP contribution in [0, 0.1) is 19.8 Å². The van der Waals surface area contributed by atoms with E-state index in [1.54, 1.807) is 0 Å². The summed E-state index contributed by atoms with van der Waals surface area (Å²) in [7, 11) is 1.82. The Morgan fingerprint density at radius 2 is 2.00 bits per heavy atom. The van der Waals surface area contributed by atoms with E-state index in [9.17, 15) is 0 Å². The van der Waals surface area contributed by atoms with Gasteiger partial charge in [-0.25, -0.2) is 9.67 Å². The van der Waals surface area contributed by atoms with Crippen LogP contribution in [0.1, 0.15) is 49.6 Å². The topological polar surface area (TPSA) is 67.1 Å². The van der Waals surface area contributed by atoms with Crippen molar-refractivity contribution in [3.8, 4) is 5.82 Å². The molecule has 0 bridgehead atoms. The predicted molar refractivity (Wildman–Crippen MR) is 106 cm³/mol. The van der Waals surface area contributed by atoms with Gasteiger partial charge in [0.25, 0.3) is 0 Å². The Morgan fingerprint density at radius 1 is 1.23 bits per heavy atom. The lowest BCUT2D eigenvalue weighted by Crippen LogP contribution is -2.44. The van der Waals surface area contributed by atoms with E-state index in [4.69, 9.17) is 0 Å². The minimum Gasteiger partial charge on any atom is -0.354 e. The third-order valence-corrected chi connectivity index (χ3v) is 5.08. The molecular weight excluding hydrogens is 324 g/mol. The van der Waals surface area contributed by atoms with Crippen LogP contribution >= 0.6 is 0 Å². The summed E-state index contributed by atoms with van der Waals surface area (Å²) in [5.41, 5.74) is 3.21. The van der Waals surface area contributed by atoms with E-state index in [2.05, 4.69) is 44.8 Å². The Balaban J connectivity index is 1.54. The molecule has 1 fully saturated rings. The molecule has 26 heavy (non-hydrogen) atoms. The molecule has 2 N–H and O–H groups in total. The average molecular weight is 355 g/mol. The monoisotopic (exact) mass is 354 g/mol. The lowest BCUT2D eigenvalue weighted by molar-refractivity contribution is 0.329. The predicted octanol–water partition coefficient (Wildman–Crippen LogP) is 3.13. The second kappa shape index (κ2) is 8.34. The summed E-state index contributed by atoms with van der Waals surface area (Å²) in [6, 6.07) is 6.68. The number of aromatic nitrogens is 3. The molecule has 0 spiro atoms. The number of hydrogen-bond acceptors (Lipinski definition) is 3. The minimum absolute atomic E-state index is 0.531. The van der Waals surface area contributed by atoms with Gasteiger partial charge in [-0.3, -0.25) is 4.99 Å². The van der Waals surface area contributed by atoms with Gasteiger partial charge < -0.3 is 10.6 Å². The van der Waals surface area contributed by atoms with Gasteiger partial charge in [0, 0.05) is 31.5 Å². The van der Waals surface area contributed by atoms with Crippen LogP contribution in [0.4, 0.5) is 0 Å². The van der Waals surface area contributed by atoms with Crippen LogP contribution in [-0.4, -0.2) is 33.8 Å². The van der Waals surface area contributed by atoms with Gasteiger partial charge in [0.2, 0.25) is 0 Å². The molecule has 6 nitrogen and oxygen atoms in total. The van der Waals surface area contributed by atoms with Gasteiger partial charge in [-0.2, -0.15) is 5.10 Å². The summed E-state index contributed by atoms with van der Waals surface area (Å²) in [6.07, 6.45) is 6.94. The van der Waals surface area contributed by atoms with Crippen molar-refractivity contribution in [1.82, 2.24) is 25.4 Å². The first-order valence-corrected chi connectivity index (χ1v) is 9.51. The first-order valence-electron chi connectivity index (χ1n) is 9.51. The average Bonchev–Trinajstić information content (AvgIpc) is 2.99. The molecule has 2 aromatic rings. The molecule has 0 atom stereocenters. The molecule has 0 saturated heterocycles. The summed E-state index contributed by atoms with van der Waals surface area (Å²) in [5.74, 6) is 2.57. The summed E-state index contributed by atoms with van der Waals surface area (Å²) < 4.78 is 1.87. The molecule has 3 rings (SSSR count). The van der Waals surface area contributed by atoms with Crippen molar-refractivity contribution < 1.29 is 0 Å². The molecule has 1 aliphatic rings. The number of aryl methyl sites for hydroxylation is 2. The molecule has 0 aromatic carbocycles. The van der Waals surface area contributed by atoms with Gasteiger partial charge in [0.1, 0.15) is 0 Å². The highest BCUT2D eigenvalue weighted by atomic mass is 15.3. The van der Waals surface area contributed by atoms with Crippen molar-refractivity contribution in [1.29, 1.82) is 0 Å². The van der Waals surface area contributed by atoms with Gasteiger partial charge >= 0.3 is 0 Å². The summed E-state index contributed by atoms with van der Waals surface area (Å²) in [6.45, 7) is 7.07. The Hall–Kier alpha value is -2.37. The number of aliphatic imine (C=N–C) groups is 1. The second-order valence-corrected chi connectivity index (χ2v) is 7.39. The lowest BCUT2D eigenvalue weighted by Gasteiger charge is -2.28. The van der Waals surface area contributed by atoms with E-state index >= 15 is 0 Å². The van der Waals surface area contributed by atoms with Crippen LogP contribution in [0.15, 0.2) is 29.4 Å². The number of guanidine groups is 1. The maximum atomic E-state index is 4.55. The van der Waals surface area contributed by atoms with E-state index in [0.717, 1.165) is 34.6 Å². The van der Waals surface area contributed by atoms with Crippen LogP contribution in [-0.2, 0) is 6.54 Å². The van der Waals surface area contributed by atoms with Gasteiger partial charge in [0.05, 0.1) is 5.69 Å². The molecule has 0 radical (unpaired) electrons. The normalized spacial score (nSPS) is 20.8. The molecule has 0 unspecified atom stereocenters. The maximum absolute atomic E-state index is 4.55. The van der Waals surface area contributed by atoms with Crippen molar-refractivity contribution in [2.24, 2.45) is 10.9 Å². The smallest absolute Gasteiger partial charge is 0.191 e. The molecule has 2 aromatic heterocycles. The molecule has 1 aliphatic carbocycles. The largest absolute Gasteiger partial charge is 0.354 e. The number of nitrogens with zero attached hydrogens (tertiary/aromatic N) is 4. The van der Waals surface area contributed by atoms with Crippen molar-refractivity contribution in [3.63, 3.8) is 0 Å². The zero-order valence-electron chi connectivity index (χ0n) is 16.3. The van der Waals surface area contributed by atoms with Crippen LogP contribution in [0.25, 0.3) is 5.82 Å². The van der Waals surface area contributed by atoms with Gasteiger partial charge in [-0.15, -0.1) is 0 Å². The Kier molecular flexibility index (Phi) is 5.91. The second-order valence-electron chi connectivity index (χ2n) is 7.39. The zero-order valence-corrected chi connectivity index (χ0v) is 16.3. The number of hydrogen-bond donors (Lipinski definition) is 2. The summed E-state index contributed by atoms with van der Waals surface area (Å²) in [4.78, 5) is 8.91. The molecule has 2 heterocycles. The minimum atomic E-state index is 0.531. The third kappa shape index (κ3) is 4.62. The van der Waals surface area contributed by atoms with Gasteiger partial charge in [-0.1, -0.05) is 13.0 Å². The zero-order chi connectivity index (χ0) is 18.5. The molecule has 140 valence electrons. The van der Waals surface area contributed by atoms with Crippen molar-refractivity contribution in [2.75, 3.05) is 7.05 Å². The van der Waals surface area contributed by atoms with E-state index in [-0.39, 0.29) is 0 Å². The lowest BCUT2D eigenvalue weighted by atomic mass is 9.87. The van der Waals surface area contributed by atoms with E-state index in [1.165, 1.54) is 25.7 Å². The van der Waals surface area contributed by atoms with Crippen molar-refractivity contribution >= 4 is 5.96 Å².